The number of H-pyrrole nitrogens is 1. The molecule has 0 saturated heterocycles. The quantitative estimate of drug-likeness (QED) is 0.525. The van der Waals surface area contributed by atoms with E-state index in [0.29, 0.717) is 19.3 Å². The lowest BCUT2D eigenvalue weighted by atomic mass is 9.78. The molecule has 1 heterocycles. The smallest absolute Gasteiger partial charge is 0.315 e. The zero-order valence-electron chi connectivity index (χ0n) is 16.4. The van der Waals surface area contributed by atoms with E-state index in [1.54, 1.807) is 0 Å². The van der Waals surface area contributed by atoms with Crippen molar-refractivity contribution in [3.8, 4) is 0 Å². The second-order valence-electron chi connectivity index (χ2n) is 7.69. The van der Waals surface area contributed by atoms with Crippen molar-refractivity contribution in [1.29, 1.82) is 0 Å². The van der Waals surface area contributed by atoms with Crippen molar-refractivity contribution in [2.45, 2.75) is 44.7 Å². The molecule has 6 N–H and O–H groups in total. The largest absolute Gasteiger partial charge is 0.368 e. The van der Waals surface area contributed by atoms with Crippen LogP contribution in [0.2, 0.25) is 0 Å². The van der Waals surface area contributed by atoms with Crippen LogP contribution in [0.25, 0.3) is 10.9 Å². The number of aromatic nitrogens is 1. The van der Waals surface area contributed by atoms with Gasteiger partial charge in [0.1, 0.15) is 11.6 Å². The lowest BCUT2D eigenvalue weighted by Crippen LogP contribution is -2.65. The zero-order valence-corrected chi connectivity index (χ0v) is 16.4. The van der Waals surface area contributed by atoms with Crippen LogP contribution in [0.15, 0.2) is 24.3 Å². The highest BCUT2D eigenvalue weighted by atomic mass is 16.2. The first-order valence-corrected chi connectivity index (χ1v) is 9.46. The maximum atomic E-state index is 13.3. The Bertz CT molecular complexity index is 920. The van der Waals surface area contributed by atoms with Crippen molar-refractivity contribution in [2.75, 3.05) is 7.05 Å². The molecule has 2 aromatic rings. The van der Waals surface area contributed by atoms with Gasteiger partial charge in [-0.1, -0.05) is 32.0 Å². The molecule has 0 radical (unpaired) electrons. The molecule has 4 amide bonds. The van der Waals surface area contributed by atoms with Crippen molar-refractivity contribution in [3.05, 3.63) is 35.5 Å². The first-order chi connectivity index (χ1) is 13.3. The van der Waals surface area contributed by atoms with Crippen molar-refractivity contribution < 1.29 is 14.4 Å². The fraction of sp³-hybridized carbons (Fsp3) is 0.450. The number of carbonyl (C=O) groups is 3. The number of rotatable bonds is 5. The van der Waals surface area contributed by atoms with E-state index in [1.807, 2.05) is 38.1 Å². The minimum absolute atomic E-state index is 0.161. The predicted molar refractivity (Wildman–Crippen MR) is 107 cm³/mol. The summed E-state index contributed by atoms with van der Waals surface area (Å²) in [6, 6.07) is 6.63. The molecule has 3 rings (SSSR count). The Balaban J connectivity index is 1.98. The molecule has 8 heteroatoms. The van der Waals surface area contributed by atoms with E-state index in [-0.39, 0.29) is 5.92 Å². The average molecular weight is 385 g/mol. The summed E-state index contributed by atoms with van der Waals surface area (Å²) in [5, 5.41) is 9.14. The molecule has 1 aromatic heterocycles. The monoisotopic (exact) mass is 385 g/mol. The zero-order chi connectivity index (χ0) is 20.5. The number of benzene rings is 1. The second kappa shape index (κ2) is 7.53. The standard InChI is InChI=1S/C20H27N5O3/c1-11(2)16(17(21)26)24-18(27)20(25-19(28)22-3)9-8-15-13(10-20)12-6-4-5-7-14(12)23-15/h4-7,11,16,23H,8-10H2,1-3H3,(H2,21,26)(H,24,27)(H2,22,25,28)/t16-,20+/m0/s1. The van der Waals surface area contributed by atoms with Gasteiger partial charge in [-0.3, -0.25) is 9.59 Å². The van der Waals surface area contributed by atoms with Crippen LogP contribution in [0.1, 0.15) is 31.5 Å². The van der Waals surface area contributed by atoms with Crippen LogP contribution >= 0.6 is 0 Å². The summed E-state index contributed by atoms with van der Waals surface area (Å²) in [6.07, 6.45) is 1.34. The van der Waals surface area contributed by atoms with Gasteiger partial charge in [0, 0.05) is 30.1 Å². The van der Waals surface area contributed by atoms with Crippen LogP contribution in [-0.4, -0.2) is 41.5 Å². The Morgan fingerprint density at radius 1 is 1.21 bits per heavy atom. The van der Waals surface area contributed by atoms with Gasteiger partial charge in [0.15, 0.2) is 0 Å². The van der Waals surface area contributed by atoms with Crippen LogP contribution in [0.4, 0.5) is 4.79 Å². The van der Waals surface area contributed by atoms with Gasteiger partial charge in [0.05, 0.1) is 0 Å². The third-order valence-electron chi connectivity index (χ3n) is 5.46. The number of hydrogen-bond acceptors (Lipinski definition) is 3. The SMILES string of the molecule is CNC(=O)N[C@]1(C(=O)N[C@H](C(N)=O)C(C)C)CCc2[nH]c3ccccc3c2C1. The van der Waals surface area contributed by atoms with Crippen molar-refractivity contribution in [1.82, 2.24) is 20.9 Å². The first kappa shape index (κ1) is 19.7. The number of primary amides is 1. The number of nitrogens with one attached hydrogen (secondary N) is 4. The lowest BCUT2D eigenvalue weighted by Gasteiger charge is -2.37. The number of nitrogens with two attached hydrogens (primary N) is 1. The number of para-hydroxylation sites is 1. The van der Waals surface area contributed by atoms with Gasteiger partial charge in [0.2, 0.25) is 11.8 Å². The van der Waals surface area contributed by atoms with Crippen molar-refractivity contribution in [3.63, 3.8) is 0 Å². The van der Waals surface area contributed by atoms with Crippen LogP contribution in [0.5, 0.6) is 0 Å². The van der Waals surface area contributed by atoms with Gasteiger partial charge in [-0.25, -0.2) is 4.79 Å². The van der Waals surface area contributed by atoms with E-state index < -0.39 is 29.4 Å². The molecular weight excluding hydrogens is 358 g/mol. The second-order valence-corrected chi connectivity index (χ2v) is 7.69. The minimum atomic E-state index is -1.17. The Kier molecular flexibility index (Phi) is 5.31. The van der Waals surface area contributed by atoms with Gasteiger partial charge in [-0.05, 0) is 30.4 Å². The van der Waals surface area contributed by atoms with Crippen LogP contribution in [-0.2, 0) is 22.4 Å². The number of carbonyl (C=O) groups excluding carboxylic acids is 3. The molecule has 8 nitrogen and oxygen atoms in total. The van der Waals surface area contributed by atoms with Gasteiger partial charge in [0.25, 0.3) is 0 Å². The average Bonchev–Trinajstić information content (AvgIpc) is 3.02. The molecule has 0 fully saturated rings. The minimum Gasteiger partial charge on any atom is -0.368 e. The molecule has 1 aliphatic carbocycles. The molecule has 0 spiro atoms. The van der Waals surface area contributed by atoms with E-state index in [1.165, 1.54) is 7.05 Å². The molecule has 150 valence electrons. The summed E-state index contributed by atoms with van der Waals surface area (Å²) in [5.74, 6) is -1.16. The first-order valence-electron chi connectivity index (χ1n) is 9.46. The van der Waals surface area contributed by atoms with Gasteiger partial charge in [-0.2, -0.15) is 0 Å². The molecule has 2 atom stereocenters. The van der Waals surface area contributed by atoms with E-state index >= 15 is 0 Å². The topological polar surface area (TPSA) is 129 Å². The van der Waals surface area contributed by atoms with Crippen LogP contribution in [0, 0.1) is 5.92 Å². The van der Waals surface area contributed by atoms with E-state index in [9.17, 15) is 14.4 Å². The molecule has 0 saturated carbocycles. The maximum Gasteiger partial charge on any atom is 0.315 e. The fourth-order valence-corrected chi connectivity index (χ4v) is 3.88. The molecular formula is C20H27N5O3. The summed E-state index contributed by atoms with van der Waals surface area (Å²) < 4.78 is 0. The highest BCUT2D eigenvalue weighted by Crippen LogP contribution is 2.34. The number of aromatic amines is 1. The molecule has 1 aliphatic rings. The van der Waals surface area contributed by atoms with E-state index in [0.717, 1.165) is 22.2 Å². The summed E-state index contributed by atoms with van der Waals surface area (Å²) in [7, 11) is 1.50. The van der Waals surface area contributed by atoms with Gasteiger partial charge in [-0.15, -0.1) is 0 Å². The normalized spacial score (nSPS) is 19.7. The van der Waals surface area contributed by atoms with Gasteiger partial charge < -0.3 is 26.7 Å². The third kappa shape index (κ3) is 3.54. The van der Waals surface area contributed by atoms with Gasteiger partial charge >= 0.3 is 6.03 Å². The molecule has 1 aromatic carbocycles. The Morgan fingerprint density at radius 2 is 1.93 bits per heavy atom. The van der Waals surface area contributed by atoms with Crippen LogP contribution < -0.4 is 21.7 Å². The molecule has 0 aliphatic heterocycles. The number of aryl methyl sites for hydroxylation is 1. The summed E-state index contributed by atoms with van der Waals surface area (Å²) in [4.78, 5) is 40.6. The maximum absolute atomic E-state index is 13.3. The summed E-state index contributed by atoms with van der Waals surface area (Å²) in [6.45, 7) is 3.63. The van der Waals surface area contributed by atoms with Crippen LogP contribution in [0.3, 0.4) is 0 Å². The number of fused-ring (bicyclic) bond motifs is 3. The number of hydrogen-bond donors (Lipinski definition) is 5. The summed E-state index contributed by atoms with van der Waals surface area (Å²) >= 11 is 0. The Hall–Kier alpha value is -3.03. The predicted octanol–water partition coefficient (Wildman–Crippen LogP) is 0.951. The van der Waals surface area contributed by atoms with E-state index in [4.69, 9.17) is 5.73 Å². The number of amides is 4. The van der Waals surface area contributed by atoms with E-state index in [2.05, 4.69) is 20.9 Å². The molecule has 28 heavy (non-hydrogen) atoms. The Morgan fingerprint density at radius 3 is 2.57 bits per heavy atom. The van der Waals surface area contributed by atoms with Crippen molar-refractivity contribution >= 4 is 28.7 Å². The number of urea groups is 1. The summed E-state index contributed by atoms with van der Waals surface area (Å²) in [5.41, 5.74) is 7.37. The Labute approximate surface area is 163 Å². The highest BCUT2D eigenvalue weighted by molar-refractivity contribution is 5.96. The van der Waals surface area contributed by atoms with Crippen molar-refractivity contribution in [2.24, 2.45) is 11.7 Å². The fourth-order valence-electron chi connectivity index (χ4n) is 3.88. The lowest BCUT2D eigenvalue weighted by molar-refractivity contribution is -0.132. The molecule has 0 bridgehead atoms. The highest BCUT2D eigenvalue weighted by Gasteiger charge is 2.45. The third-order valence-corrected chi connectivity index (χ3v) is 5.46. The molecule has 0 unspecified atom stereocenters.